The minimum atomic E-state index is -3.50. The first-order valence-electron chi connectivity index (χ1n) is 8.35. The van der Waals surface area contributed by atoms with Crippen molar-refractivity contribution in [1.82, 2.24) is 10.3 Å². The number of nitrogens with zero attached hydrogens (tertiary/aromatic N) is 1. The predicted octanol–water partition coefficient (Wildman–Crippen LogP) is 2.37. The zero-order valence-corrected chi connectivity index (χ0v) is 14.8. The van der Waals surface area contributed by atoms with Gasteiger partial charge < -0.3 is 15.8 Å². The van der Waals surface area contributed by atoms with Crippen LogP contribution in [0.15, 0.2) is 36.5 Å². The van der Waals surface area contributed by atoms with Gasteiger partial charge in [-0.25, -0.2) is 22.5 Å². The number of carbonyl (C=O) groups excluding carboxylic acids is 1. The maximum atomic E-state index is 14.7. The molecule has 0 radical (unpaired) electrons. The van der Waals surface area contributed by atoms with E-state index in [4.69, 9.17) is 10.5 Å². The van der Waals surface area contributed by atoms with Gasteiger partial charge >= 0.3 is 0 Å². The van der Waals surface area contributed by atoms with Gasteiger partial charge in [0.25, 0.3) is 11.8 Å². The average Bonchev–Trinajstić information content (AvgIpc) is 2.72. The van der Waals surface area contributed by atoms with Crippen molar-refractivity contribution in [3.05, 3.63) is 59.4 Å². The number of pyridine rings is 1. The van der Waals surface area contributed by atoms with Gasteiger partial charge in [0.2, 0.25) is 0 Å². The molecule has 1 aromatic carbocycles. The molecule has 0 spiro atoms. The van der Waals surface area contributed by atoms with Gasteiger partial charge in [0, 0.05) is 17.4 Å². The van der Waals surface area contributed by atoms with E-state index in [1.807, 2.05) is 0 Å². The van der Waals surface area contributed by atoms with Gasteiger partial charge in [0.1, 0.15) is 18.0 Å². The Hall–Kier alpha value is -2.56. The lowest BCUT2D eigenvalue weighted by Crippen LogP contribution is -2.59. The number of aromatic nitrogens is 1. The number of nitrogens with two attached hydrogens (primary N) is 1. The highest BCUT2D eigenvalue weighted by atomic mass is 19.3. The van der Waals surface area contributed by atoms with E-state index in [1.54, 1.807) is 0 Å². The molecule has 4 N–H and O–H groups in total. The Morgan fingerprint density at radius 3 is 2.79 bits per heavy atom. The molecule has 2 heterocycles. The molecule has 3 rings (SSSR count). The topological polar surface area (TPSA) is 89.3 Å². The summed E-state index contributed by atoms with van der Waals surface area (Å²) in [6.45, 7) is -0.0362. The molecule has 1 aliphatic heterocycles. The van der Waals surface area contributed by atoms with Crippen LogP contribution in [0.5, 0.6) is 0 Å². The molecular weight excluding hydrogens is 380 g/mol. The zero-order chi connectivity index (χ0) is 20.5. The Morgan fingerprint density at radius 1 is 1.32 bits per heavy atom. The fraction of sp³-hybridized carbons (Fsp3) is 0.333. The van der Waals surface area contributed by atoms with Crippen molar-refractivity contribution in [1.29, 1.82) is 0 Å². The number of anilines is 1. The zero-order valence-electron chi connectivity index (χ0n) is 14.8. The van der Waals surface area contributed by atoms with Crippen molar-refractivity contribution in [3.63, 3.8) is 0 Å². The van der Waals surface area contributed by atoms with Gasteiger partial charge in [0.15, 0.2) is 11.5 Å². The van der Waals surface area contributed by atoms with E-state index in [0.29, 0.717) is 0 Å². The van der Waals surface area contributed by atoms with E-state index in [0.717, 1.165) is 25.1 Å². The molecule has 150 valence electrons. The molecule has 0 saturated carbocycles. The van der Waals surface area contributed by atoms with E-state index < -0.39 is 53.0 Å². The molecule has 1 unspecified atom stereocenters. The Labute approximate surface area is 158 Å². The molecule has 1 amide bonds. The summed E-state index contributed by atoms with van der Waals surface area (Å²) in [6, 6.07) is 5.52. The summed E-state index contributed by atoms with van der Waals surface area (Å²) >= 11 is 0. The molecule has 0 aliphatic carbocycles. The molecule has 0 bridgehead atoms. The van der Waals surface area contributed by atoms with Crippen LogP contribution in [0.3, 0.4) is 0 Å². The quantitative estimate of drug-likeness (QED) is 0.691. The molecule has 1 aromatic heterocycles. The van der Waals surface area contributed by atoms with E-state index in [1.165, 1.54) is 18.3 Å². The lowest BCUT2D eigenvalue weighted by Gasteiger charge is -2.38. The number of rotatable bonds is 3. The Bertz CT molecular complexity index is 896. The first kappa shape index (κ1) is 20.2. The fourth-order valence-corrected chi connectivity index (χ4v) is 2.98. The van der Waals surface area contributed by atoms with Crippen molar-refractivity contribution in [2.45, 2.75) is 24.6 Å². The monoisotopic (exact) mass is 398 g/mol. The third-order valence-corrected chi connectivity index (χ3v) is 4.52. The van der Waals surface area contributed by atoms with Gasteiger partial charge in [-0.05, 0) is 37.3 Å². The number of halogens is 4. The first-order valence-corrected chi connectivity index (χ1v) is 8.35. The van der Waals surface area contributed by atoms with Gasteiger partial charge in [-0.15, -0.1) is 0 Å². The molecule has 1 saturated heterocycles. The highest BCUT2D eigenvalue weighted by molar-refractivity contribution is 6.03. The van der Waals surface area contributed by atoms with Gasteiger partial charge in [-0.3, -0.25) is 10.1 Å². The van der Waals surface area contributed by atoms with E-state index >= 15 is 0 Å². The Kier molecular flexibility index (Phi) is 5.37. The molecule has 28 heavy (non-hydrogen) atoms. The molecule has 1 aliphatic rings. The van der Waals surface area contributed by atoms with Gasteiger partial charge in [0.05, 0.1) is 12.8 Å². The van der Waals surface area contributed by atoms with Crippen molar-refractivity contribution < 1.29 is 27.1 Å². The van der Waals surface area contributed by atoms with Gasteiger partial charge in [-0.2, -0.15) is 0 Å². The molecule has 10 heteroatoms. The number of hydrogen-bond donors (Lipinski definition) is 3. The highest BCUT2D eigenvalue weighted by Crippen LogP contribution is 2.41. The van der Waals surface area contributed by atoms with Crippen LogP contribution in [-0.2, 0) is 10.3 Å². The summed E-state index contributed by atoms with van der Waals surface area (Å²) < 4.78 is 62.5. The van der Waals surface area contributed by atoms with Crippen LogP contribution in [0.4, 0.5) is 23.2 Å². The molecule has 2 atom stereocenters. The average molecular weight is 398 g/mol. The maximum Gasteiger partial charge on any atom is 0.292 e. The normalized spacial score (nSPS) is 24.4. The maximum absolute atomic E-state index is 14.7. The number of nitrogens with one attached hydrogen (secondary N) is 2. The summed E-state index contributed by atoms with van der Waals surface area (Å²) in [5.74, 6) is -6.18. The molecular formula is C18H18F4N4O2. The van der Waals surface area contributed by atoms with Crippen LogP contribution in [0, 0.1) is 11.6 Å². The predicted molar refractivity (Wildman–Crippen MR) is 92.8 cm³/mol. The lowest BCUT2D eigenvalue weighted by atomic mass is 9.84. The third kappa shape index (κ3) is 3.71. The molecule has 1 fully saturated rings. The number of alkyl halides is 2. The fourth-order valence-electron chi connectivity index (χ4n) is 2.98. The smallest absolute Gasteiger partial charge is 0.292 e. The SMILES string of the molecule is C[C@]1(c2cc(NC(=O)c3ncccc3F)ccc2F)NC(N)COCC1(F)F. The lowest BCUT2D eigenvalue weighted by molar-refractivity contribution is -0.120. The van der Waals surface area contributed by atoms with Crippen LogP contribution in [0.2, 0.25) is 0 Å². The highest BCUT2D eigenvalue weighted by Gasteiger charge is 2.54. The standard InChI is InChI=1S/C18H18F4N4O2/c1-17(18(21,22)9-28-8-14(23)26-17)11-7-10(4-5-12(11)19)25-16(27)15-13(20)3-2-6-24-15/h2-7,14,26H,8-9,23H2,1H3,(H,25,27)/t14?,17-/m1/s1. The number of ether oxygens (including phenoxy) is 1. The number of amides is 1. The van der Waals surface area contributed by atoms with Gasteiger partial charge in [-0.1, -0.05) is 0 Å². The second-order valence-electron chi connectivity index (χ2n) is 6.58. The summed E-state index contributed by atoms with van der Waals surface area (Å²) in [5.41, 5.74) is 2.61. The number of benzene rings is 1. The summed E-state index contributed by atoms with van der Waals surface area (Å²) in [4.78, 5) is 15.8. The van der Waals surface area contributed by atoms with Crippen molar-refractivity contribution >= 4 is 11.6 Å². The van der Waals surface area contributed by atoms with Crippen LogP contribution in [0.25, 0.3) is 0 Å². The van der Waals surface area contributed by atoms with Crippen LogP contribution in [-0.4, -0.2) is 36.2 Å². The Balaban J connectivity index is 1.97. The summed E-state index contributed by atoms with van der Waals surface area (Å²) in [7, 11) is 0. The second-order valence-corrected chi connectivity index (χ2v) is 6.58. The van der Waals surface area contributed by atoms with E-state index in [2.05, 4.69) is 15.6 Å². The summed E-state index contributed by atoms with van der Waals surface area (Å²) in [6.07, 6.45) is 0.269. The molecule has 2 aromatic rings. The van der Waals surface area contributed by atoms with Crippen molar-refractivity contribution in [2.24, 2.45) is 5.73 Å². The molecule has 6 nitrogen and oxygen atoms in total. The van der Waals surface area contributed by atoms with E-state index in [9.17, 15) is 22.4 Å². The minimum Gasteiger partial charge on any atom is -0.372 e. The van der Waals surface area contributed by atoms with Crippen LogP contribution >= 0.6 is 0 Å². The number of hydrogen-bond acceptors (Lipinski definition) is 5. The second kappa shape index (κ2) is 7.46. The Morgan fingerprint density at radius 2 is 2.07 bits per heavy atom. The minimum absolute atomic E-state index is 0.0102. The van der Waals surface area contributed by atoms with Crippen LogP contribution < -0.4 is 16.4 Å². The van der Waals surface area contributed by atoms with Crippen molar-refractivity contribution in [3.8, 4) is 0 Å². The summed E-state index contributed by atoms with van der Waals surface area (Å²) in [5, 5.41) is 4.84. The van der Waals surface area contributed by atoms with Crippen LogP contribution in [0.1, 0.15) is 23.0 Å². The third-order valence-electron chi connectivity index (χ3n) is 4.52. The number of carbonyl (C=O) groups is 1. The van der Waals surface area contributed by atoms with E-state index in [-0.39, 0.29) is 12.3 Å². The largest absolute Gasteiger partial charge is 0.372 e. The van der Waals surface area contributed by atoms with Crippen molar-refractivity contribution in [2.75, 3.05) is 18.5 Å². The first-order chi connectivity index (χ1) is 13.1.